The first-order valence-electron chi connectivity index (χ1n) is 5.74. The van der Waals surface area contributed by atoms with Crippen molar-refractivity contribution in [3.8, 4) is 0 Å². The molecule has 0 aliphatic heterocycles. The average molecular weight is 238 g/mol. The summed E-state index contributed by atoms with van der Waals surface area (Å²) in [4.78, 5) is 14.8. The Bertz CT molecular complexity index is 342. The van der Waals surface area contributed by atoms with Crippen LogP contribution in [0, 0.1) is 0 Å². The molecule has 1 aromatic heterocycles. The standard InChI is InChI=1S/C12H18N2OS/c1-14(10-6-4-9(13)5-7-10)12(15)11-3-2-8-16-11/h2-3,8-10H,4-7,13H2,1H3. The van der Waals surface area contributed by atoms with E-state index in [1.807, 2.05) is 29.5 Å². The summed E-state index contributed by atoms with van der Waals surface area (Å²) in [6.07, 6.45) is 4.14. The summed E-state index contributed by atoms with van der Waals surface area (Å²) < 4.78 is 0. The summed E-state index contributed by atoms with van der Waals surface area (Å²) >= 11 is 1.51. The van der Waals surface area contributed by atoms with E-state index in [4.69, 9.17) is 5.73 Å². The van der Waals surface area contributed by atoms with Crippen LogP contribution in [-0.2, 0) is 0 Å². The molecule has 1 aliphatic rings. The van der Waals surface area contributed by atoms with E-state index in [-0.39, 0.29) is 5.91 Å². The summed E-state index contributed by atoms with van der Waals surface area (Å²) in [5, 5.41) is 1.94. The van der Waals surface area contributed by atoms with Crippen LogP contribution in [0.15, 0.2) is 17.5 Å². The summed E-state index contributed by atoms with van der Waals surface area (Å²) in [7, 11) is 1.91. The van der Waals surface area contributed by atoms with Crippen molar-refractivity contribution >= 4 is 17.2 Å². The zero-order chi connectivity index (χ0) is 11.5. The molecule has 2 rings (SSSR count). The molecule has 0 atom stereocenters. The van der Waals surface area contributed by atoms with Gasteiger partial charge in [-0.3, -0.25) is 4.79 Å². The van der Waals surface area contributed by atoms with Crippen molar-refractivity contribution in [1.29, 1.82) is 0 Å². The molecule has 88 valence electrons. The van der Waals surface area contributed by atoms with Gasteiger partial charge in [-0.2, -0.15) is 0 Å². The number of carbonyl (C=O) groups excluding carboxylic acids is 1. The smallest absolute Gasteiger partial charge is 0.263 e. The minimum absolute atomic E-state index is 0.149. The van der Waals surface area contributed by atoms with Gasteiger partial charge in [-0.05, 0) is 37.1 Å². The van der Waals surface area contributed by atoms with Gasteiger partial charge < -0.3 is 10.6 Å². The molecule has 1 saturated carbocycles. The molecule has 2 N–H and O–H groups in total. The van der Waals surface area contributed by atoms with Gasteiger partial charge in [0.05, 0.1) is 4.88 Å². The second-order valence-electron chi connectivity index (χ2n) is 4.46. The highest BCUT2D eigenvalue weighted by atomic mass is 32.1. The van der Waals surface area contributed by atoms with Crippen molar-refractivity contribution < 1.29 is 4.79 Å². The molecule has 1 fully saturated rings. The van der Waals surface area contributed by atoms with Crippen molar-refractivity contribution in [3.63, 3.8) is 0 Å². The second kappa shape index (κ2) is 4.97. The SMILES string of the molecule is CN(C(=O)c1cccs1)C1CCC(N)CC1. The van der Waals surface area contributed by atoms with Gasteiger partial charge in [-0.15, -0.1) is 11.3 Å². The van der Waals surface area contributed by atoms with Crippen LogP contribution in [0.2, 0.25) is 0 Å². The van der Waals surface area contributed by atoms with Crippen LogP contribution < -0.4 is 5.73 Å². The molecule has 0 aromatic carbocycles. The van der Waals surface area contributed by atoms with Gasteiger partial charge in [0.1, 0.15) is 0 Å². The molecule has 0 bridgehead atoms. The maximum atomic E-state index is 12.1. The van der Waals surface area contributed by atoms with Crippen molar-refractivity contribution in [2.24, 2.45) is 5.73 Å². The summed E-state index contributed by atoms with van der Waals surface area (Å²) in [5.41, 5.74) is 5.87. The van der Waals surface area contributed by atoms with Crippen LogP contribution in [0.25, 0.3) is 0 Å². The molecular formula is C12H18N2OS. The fourth-order valence-corrected chi connectivity index (χ4v) is 2.93. The molecule has 4 heteroatoms. The van der Waals surface area contributed by atoms with Gasteiger partial charge in [-0.1, -0.05) is 6.07 Å². The lowest BCUT2D eigenvalue weighted by Gasteiger charge is -2.33. The molecule has 1 aliphatic carbocycles. The van der Waals surface area contributed by atoms with Crippen LogP contribution in [0.5, 0.6) is 0 Å². The first kappa shape index (κ1) is 11.6. The number of hydrogen-bond donors (Lipinski definition) is 1. The molecule has 1 aromatic rings. The highest BCUT2D eigenvalue weighted by molar-refractivity contribution is 7.12. The topological polar surface area (TPSA) is 46.3 Å². The fraction of sp³-hybridized carbons (Fsp3) is 0.583. The van der Waals surface area contributed by atoms with Crippen molar-refractivity contribution in [1.82, 2.24) is 4.90 Å². The third kappa shape index (κ3) is 2.44. The largest absolute Gasteiger partial charge is 0.338 e. The van der Waals surface area contributed by atoms with Gasteiger partial charge in [0.15, 0.2) is 0 Å². The van der Waals surface area contributed by atoms with Crippen molar-refractivity contribution in [2.75, 3.05) is 7.05 Å². The zero-order valence-corrected chi connectivity index (χ0v) is 10.4. The zero-order valence-electron chi connectivity index (χ0n) is 9.56. The Balaban J connectivity index is 1.97. The Labute approximate surface area is 100 Å². The second-order valence-corrected chi connectivity index (χ2v) is 5.41. The van der Waals surface area contributed by atoms with Crippen LogP contribution >= 0.6 is 11.3 Å². The Morgan fingerprint density at radius 3 is 2.69 bits per heavy atom. The fourth-order valence-electron chi connectivity index (χ4n) is 2.23. The van der Waals surface area contributed by atoms with Crippen molar-refractivity contribution in [2.45, 2.75) is 37.8 Å². The summed E-state index contributed by atoms with van der Waals surface area (Å²) in [5.74, 6) is 0.149. The first-order chi connectivity index (χ1) is 7.68. The first-order valence-corrected chi connectivity index (χ1v) is 6.62. The number of thiophene rings is 1. The lowest BCUT2D eigenvalue weighted by molar-refractivity contribution is 0.0695. The molecular weight excluding hydrogens is 220 g/mol. The average Bonchev–Trinajstić information content (AvgIpc) is 2.81. The van der Waals surface area contributed by atoms with E-state index in [0.29, 0.717) is 12.1 Å². The maximum Gasteiger partial charge on any atom is 0.263 e. The third-order valence-corrected chi connectivity index (χ3v) is 4.20. The maximum absolute atomic E-state index is 12.1. The minimum atomic E-state index is 0.149. The van der Waals surface area contributed by atoms with Crippen LogP contribution in [0.4, 0.5) is 0 Å². The number of carbonyl (C=O) groups is 1. The molecule has 3 nitrogen and oxygen atoms in total. The van der Waals surface area contributed by atoms with Gasteiger partial charge >= 0.3 is 0 Å². The number of amides is 1. The normalized spacial score (nSPS) is 25.4. The van der Waals surface area contributed by atoms with E-state index < -0.39 is 0 Å². The van der Waals surface area contributed by atoms with E-state index in [2.05, 4.69) is 0 Å². The predicted molar refractivity (Wildman–Crippen MR) is 66.6 cm³/mol. The lowest BCUT2D eigenvalue weighted by Crippen LogP contribution is -2.41. The predicted octanol–water partition coefficient (Wildman–Crippen LogP) is 2.09. The summed E-state index contributed by atoms with van der Waals surface area (Å²) in [6, 6.07) is 4.51. The molecule has 0 spiro atoms. The molecule has 0 radical (unpaired) electrons. The van der Waals surface area contributed by atoms with E-state index in [1.165, 1.54) is 11.3 Å². The Hall–Kier alpha value is -0.870. The quantitative estimate of drug-likeness (QED) is 0.857. The number of hydrogen-bond acceptors (Lipinski definition) is 3. The Morgan fingerprint density at radius 2 is 2.12 bits per heavy atom. The van der Waals surface area contributed by atoms with Crippen molar-refractivity contribution in [3.05, 3.63) is 22.4 Å². The Kier molecular flexibility index (Phi) is 3.61. The molecule has 1 heterocycles. The van der Waals surface area contributed by atoms with Crippen LogP contribution in [0.1, 0.15) is 35.4 Å². The van der Waals surface area contributed by atoms with E-state index in [1.54, 1.807) is 0 Å². The summed E-state index contributed by atoms with van der Waals surface area (Å²) in [6.45, 7) is 0. The highest BCUT2D eigenvalue weighted by Crippen LogP contribution is 2.23. The number of nitrogens with two attached hydrogens (primary N) is 1. The highest BCUT2D eigenvalue weighted by Gasteiger charge is 2.25. The molecule has 0 saturated heterocycles. The third-order valence-electron chi connectivity index (χ3n) is 3.34. The van der Waals surface area contributed by atoms with Gasteiger partial charge in [0.2, 0.25) is 0 Å². The van der Waals surface area contributed by atoms with Gasteiger partial charge in [0, 0.05) is 19.1 Å². The monoisotopic (exact) mass is 238 g/mol. The van der Waals surface area contributed by atoms with E-state index >= 15 is 0 Å². The lowest BCUT2D eigenvalue weighted by atomic mass is 9.91. The van der Waals surface area contributed by atoms with E-state index in [9.17, 15) is 4.79 Å². The molecule has 16 heavy (non-hydrogen) atoms. The Morgan fingerprint density at radius 1 is 1.44 bits per heavy atom. The van der Waals surface area contributed by atoms with Gasteiger partial charge in [-0.25, -0.2) is 0 Å². The molecule has 0 unspecified atom stereocenters. The van der Waals surface area contributed by atoms with Crippen LogP contribution in [-0.4, -0.2) is 29.9 Å². The molecule has 1 amide bonds. The van der Waals surface area contributed by atoms with Crippen LogP contribution in [0.3, 0.4) is 0 Å². The van der Waals surface area contributed by atoms with E-state index in [0.717, 1.165) is 30.6 Å². The minimum Gasteiger partial charge on any atom is -0.338 e. The number of rotatable bonds is 2. The number of nitrogens with zero attached hydrogens (tertiary/aromatic N) is 1. The van der Waals surface area contributed by atoms with Gasteiger partial charge in [0.25, 0.3) is 5.91 Å².